The number of alkyl halides is 3. The van der Waals surface area contributed by atoms with Crippen molar-refractivity contribution in [3.8, 4) is 5.75 Å². The van der Waals surface area contributed by atoms with Crippen LogP contribution in [0.15, 0.2) is 48.5 Å². The minimum absolute atomic E-state index is 0.00690. The van der Waals surface area contributed by atoms with Crippen LogP contribution in [0.3, 0.4) is 0 Å². The molecule has 2 atom stereocenters. The van der Waals surface area contributed by atoms with Crippen LogP contribution in [0.4, 0.5) is 18.9 Å². The molecule has 0 saturated heterocycles. The normalized spacial score (nSPS) is 14.0. The number of ether oxygens (including phenoxy) is 1. The number of non-ortho nitro benzene ring substituents is 1. The van der Waals surface area contributed by atoms with Crippen LogP contribution in [0.2, 0.25) is 0 Å². The second-order valence-electron chi connectivity index (χ2n) is 5.58. The first-order chi connectivity index (χ1) is 11.7. The molecule has 0 radical (unpaired) electrons. The van der Waals surface area contributed by atoms with E-state index in [2.05, 4.69) is 10.1 Å². The van der Waals surface area contributed by atoms with Crippen molar-refractivity contribution in [2.24, 2.45) is 0 Å². The topological polar surface area (TPSA) is 64.4 Å². The highest BCUT2D eigenvalue weighted by Crippen LogP contribution is 2.26. The number of hydrogen-bond acceptors (Lipinski definition) is 4. The average molecular weight is 354 g/mol. The molecule has 25 heavy (non-hydrogen) atoms. The summed E-state index contributed by atoms with van der Waals surface area (Å²) in [5.41, 5.74) is 1.53. The van der Waals surface area contributed by atoms with Crippen LogP contribution < -0.4 is 10.1 Å². The quantitative estimate of drug-likeness (QED) is 0.592. The smallest absolute Gasteiger partial charge is 0.406 e. The molecule has 0 aromatic heterocycles. The van der Waals surface area contributed by atoms with Gasteiger partial charge in [-0.2, -0.15) is 0 Å². The minimum Gasteiger partial charge on any atom is -0.406 e. The summed E-state index contributed by atoms with van der Waals surface area (Å²) in [7, 11) is 0. The second kappa shape index (κ2) is 7.52. The Balaban J connectivity index is 2.04. The van der Waals surface area contributed by atoms with Crippen molar-refractivity contribution >= 4 is 5.69 Å². The van der Waals surface area contributed by atoms with Crippen molar-refractivity contribution in [1.29, 1.82) is 0 Å². The second-order valence-corrected chi connectivity index (χ2v) is 5.58. The highest BCUT2D eigenvalue weighted by molar-refractivity contribution is 5.36. The number of rotatable bonds is 6. The Morgan fingerprint density at radius 1 is 1.04 bits per heavy atom. The van der Waals surface area contributed by atoms with E-state index in [9.17, 15) is 23.3 Å². The summed E-state index contributed by atoms with van der Waals surface area (Å²) in [6.45, 7) is 3.71. The monoisotopic (exact) mass is 354 g/mol. The summed E-state index contributed by atoms with van der Waals surface area (Å²) < 4.78 is 40.3. The summed E-state index contributed by atoms with van der Waals surface area (Å²) in [6.07, 6.45) is -4.72. The first-order valence-electron chi connectivity index (χ1n) is 7.52. The fourth-order valence-electron chi connectivity index (χ4n) is 2.43. The molecule has 2 unspecified atom stereocenters. The summed E-state index contributed by atoms with van der Waals surface area (Å²) in [6, 6.07) is 11.5. The molecule has 0 saturated carbocycles. The van der Waals surface area contributed by atoms with Gasteiger partial charge in [0.1, 0.15) is 5.75 Å². The van der Waals surface area contributed by atoms with E-state index in [1.807, 2.05) is 13.8 Å². The Morgan fingerprint density at radius 3 is 2.20 bits per heavy atom. The third-order valence-electron chi connectivity index (χ3n) is 3.69. The van der Waals surface area contributed by atoms with E-state index in [0.29, 0.717) is 0 Å². The number of benzene rings is 2. The Hall–Kier alpha value is -2.61. The molecule has 0 spiro atoms. The van der Waals surface area contributed by atoms with Crippen LogP contribution in [-0.2, 0) is 0 Å². The molecule has 0 fully saturated rings. The first kappa shape index (κ1) is 18.7. The molecular weight excluding hydrogens is 337 g/mol. The number of nitrogens with zero attached hydrogens (tertiary/aromatic N) is 1. The first-order valence-corrected chi connectivity index (χ1v) is 7.52. The zero-order chi connectivity index (χ0) is 18.6. The van der Waals surface area contributed by atoms with Crippen molar-refractivity contribution in [2.75, 3.05) is 0 Å². The molecule has 2 aromatic carbocycles. The van der Waals surface area contributed by atoms with Crippen molar-refractivity contribution in [1.82, 2.24) is 5.32 Å². The summed E-state index contributed by atoms with van der Waals surface area (Å²) >= 11 is 0. The summed E-state index contributed by atoms with van der Waals surface area (Å²) in [5, 5.41) is 14.1. The van der Waals surface area contributed by atoms with E-state index in [1.165, 1.54) is 24.3 Å². The van der Waals surface area contributed by atoms with E-state index in [1.54, 1.807) is 24.3 Å². The maximum Gasteiger partial charge on any atom is 0.573 e. The number of nitrogens with one attached hydrogen (secondary N) is 1. The zero-order valence-corrected chi connectivity index (χ0v) is 13.6. The third-order valence-corrected chi connectivity index (χ3v) is 3.69. The van der Waals surface area contributed by atoms with Gasteiger partial charge in [-0.3, -0.25) is 10.1 Å². The van der Waals surface area contributed by atoms with Gasteiger partial charge in [0.2, 0.25) is 0 Å². The van der Waals surface area contributed by atoms with Gasteiger partial charge in [0.05, 0.1) is 4.92 Å². The Morgan fingerprint density at radius 2 is 1.64 bits per heavy atom. The van der Waals surface area contributed by atoms with Gasteiger partial charge in [0.25, 0.3) is 5.69 Å². The lowest BCUT2D eigenvalue weighted by Crippen LogP contribution is -2.22. The van der Waals surface area contributed by atoms with Crippen molar-refractivity contribution in [3.63, 3.8) is 0 Å². The molecule has 2 aromatic rings. The maximum absolute atomic E-state index is 12.2. The molecule has 2 rings (SSSR count). The van der Waals surface area contributed by atoms with E-state index >= 15 is 0 Å². The fraction of sp³-hybridized carbons (Fsp3) is 0.294. The number of halogens is 3. The van der Waals surface area contributed by atoms with Crippen molar-refractivity contribution in [3.05, 3.63) is 69.8 Å². The van der Waals surface area contributed by atoms with Gasteiger partial charge in [0.15, 0.2) is 0 Å². The molecule has 5 nitrogen and oxygen atoms in total. The average Bonchev–Trinajstić information content (AvgIpc) is 2.54. The standard InChI is InChI=1S/C17H17F3N2O3/c1-11(13-6-8-16(9-7-13)25-17(18,19)20)21-12(2)14-4-3-5-15(10-14)22(23)24/h3-12,21H,1-2H3. The van der Waals surface area contributed by atoms with E-state index in [0.717, 1.165) is 11.1 Å². The van der Waals surface area contributed by atoms with Crippen molar-refractivity contribution in [2.45, 2.75) is 32.3 Å². The predicted octanol–water partition coefficient (Wildman–Crippen LogP) is 4.91. The van der Waals surface area contributed by atoms with Crippen LogP contribution in [-0.4, -0.2) is 11.3 Å². The Labute approximate surface area is 142 Å². The molecule has 0 aliphatic carbocycles. The molecule has 0 aliphatic rings. The minimum atomic E-state index is -4.72. The van der Waals surface area contributed by atoms with Gasteiger partial charge in [-0.15, -0.1) is 13.2 Å². The fourth-order valence-corrected chi connectivity index (χ4v) is 2.43. The van der Waals surface area contributed by atoms with Crippen LogP contribution in [0.25, 0.3) is 0 Å². The lowest BCUT2D eigenvalue weighted by atomic mass is 10.0. The largest absolute Gasteiger partial charge is 0.573 e. The summed E-state index contributed by atoms with van der Waals surface area (Å²) in [5.74, 6) is -0.282. The van der Waals surface area contributed by atoms with Gasteiger partial charge >= 0.3 is 6.36 Å². The maximum atomic E-state index is 12.2. The SMILES string of the molecule is CC(NC(C)c1cccc([N+](=O)[O-])c1)c1ccc(OC(F)(F)F)cc1. The third kappa shape index (κ3) is 5.46. The van der Waals surface area contributed by atoms with Gasteiger partial charge in [-0.25, -0.2) is 0 Å². The Bertz CT molecular complexity index is 733. The molecule has 134 valence electrons. The Kier molecular flexibility index (Phi) is 5.63. The molecule has 1 N–H and O–H groups in total. The molecule has 0 aliphatic heterocycles. The summed E-state index contributed by atoms with van der Waals surface area (Å²) in [4.78, 5) is 10.4. The van der Waals surface area contributed by atoms with Gasteiger partial charge in [-0.05, 0) is 37.1 Å². The molecule has 0 heterocycles. The highest BCUT2D eigenvalue weighted by atomic mass is 19.4. The van der Waals surface area contributed by atoms with Crippen LogP contribution in [0.1, 0.15) is 37.1 Å². The molecule has 0 amide bonds. The lowest BCUT2D eigenvalue weighted by molar-refractivity contribution is -0.384. The van der Waals surface area contributed by atoms with E-state index < -0.39 is 11.3 Å². The van der Waals surface area contributed by atoms with Crippen LogP contribution in [0, 0.1) is 10.1 Å². The van der Waals surface area contributed by atoms with Gasteiger partial charge in [-0.1, -0.05) is 24.3 Å². The highest BCUT2D eigenvalue weighted by Gasteiger charge is 2.31. The zero-order valence-electron chi connectivity index (χ0n) is 13.6. The lowest BCUT2D eigenvalue weighted by Gasteiger charge is -2.21. The van der Waals surface area contributed by atoms with Crippen LogP contribution >= 0.6 is 0 Å². The van der Waals surface area contributed by atoms with Gasteiger partial charge < -0.3 is 10.1 Å². The number of nitro groups is 1. The predicted molar refractivity (Wildman–Crippen MR) is 86.2 cm³/mol. The van der Waals surface area contributed by atoms with E-state index in [-0.39, 0.29) is 23.5 Å². The van der Waals surface area contributed by atoms with Gasteiger partial charge in [0, 0.05) is 24.2 Å². The van der Waals surface area contributed by atoms with Crippen molar-refractivity contribution < 1.29 is 22.8 Å². The number of nitro benzene ring substituents is 1. The molecule has 0 bridgehead atoms. The number of hydrogen-bond donors (Lipinski definition) is 1. The molecule has 8 heteroatoms. The van der Waals surface area contributed by atoms with E-state index in [4.69, 9.17) is 0 Å². The molecular formula is C17H17F3N2O3. The van der Waals surface area contributed by atoms with Crippen LogP contribution in [0.5, 0.6) is 5.75 Å².